The molecule has 1 aromatic heterocycles. The summed E-state index contributed by atoms with van der Waals surface area (Å²) >= 11 is 0. The molecule has 3 rings (SSSR count). The van der Waals surface area contributed by atoms with E-state index in [9.17, 15) is 4.79 Å². The number of aromatic amines is 1. The smallest absolute Gasteiger partial charge is 0.323 e. The van der Waals surface area contributed by atoms with Gasteiger partial charge in [0.15, 0.2) is 0 Å². The third kappa shape index (κ3) is 3.49. The summed E-state index contributed by atoms with van der Waals surface area (Å²) in [6, 6.07) is 12.7. The number of nitrogens with zero attached hydrogens (tertiary/aromatic N) is 1. The first kappa shape index (κ1) is 14.6. The average Bonchev–Trinajstić information content (AvgIpc) is 3.03. The summed E-state index contributed by atoms with van der Waals surface area (Å²) in [5.41, 5.74) is 3.29. The van der Waals surface area contributed by atoms with Crippen molar-refractivity contribution in [2.75, 3.05) is 12.4 Å². The van der Waals surface area contributed by atoms with Gasteiger partial charge in [-0.15, -0.1) is 0 Å². The normalized spacial score (nSPS) is 10.8. The van der Waals surface area contributed by atoms with E-state index in [1.54, 1.807) is 31.8 Å². The Hall–Kier alpha value is -3.28. The van der Waals surface area contributed by atoms with Crippen LogP contribution in [0.4, 0.5) is 10.5 Å². The Kier molecular flexibility index (Phi) is 4.24. The number of anilines is 1. The van der Waals surface area contributed by atoms with Crippen LogP contribution in [0.3, 0.4) is 0 Å². The molecule has 0 saturated carbocycles. The summed E-state index contributed by atoms with van der Waals surface area (Å²) < 4.78 is 5.24. The summed E-state index contributed by atoms with van der Waals surface area (Å²) in [6.45, 7) is 0. The summed E-state index contributed by atoms with van der Waals surface area (Å²) in [5.74, 6) is 0.746. The molecule has 116 valence electrons. The monoisotopic (exact) mass is 308 g/mol. The fraction of sp³-hybridized carbons (Fsp3) is 0.0588. The van der Waals surface area contributed by atoms with Crippen LogP contribution < -0.4 is 15.4 Å². The van der Waals surface area contributed by atoms with Crippen LogP contribution in [-0.4, -0.2) is 23.1 Å². The van der Waals surface area contributed by atoms with Crippen molar-refractivity contribution in [2.45, 2.75) is 0 Å². The number of carbonyl (C=O) groups is 1. The number of ether oxygens (including phenoxy) is 1. The lowest BCUT2D eigenvalue weighted by Crippen LogP contribution is -2.23. The molecule has 0 bridgehead atoms. The lowest BCUT2D eigenvalue weighted by atomic mass is 10.2. The summed E-state index contributed by atoms with van der Waals surface area (Å²) in [6.07, 6.45) is 4.96. The van der Waals surface area contributed by atoms with E-state index >= 15 is 0 Å². The second-order valence-electron chi connectivity index (χ2n) is 4.81. The maximum atomic E-state index is 11.9. The number of urea groups is 1. The topological polar surface area (TPSA) is 79.0 Å². The van der Waals surface area contributed by atoms with Gasteiger partial charge in [0.25, 0.3) is 0 Å². The largest absolute Gasteiger partial charge is 0.496 e. The molecule has 3 N–H and O–H groups in total. The number of imidazole rings is 1. The Bertz CT molecular complexity index is 854. The lowest BCUT2D eigenvalue weighted by Gasteiger charge is -2.05. The average molecular weight is 308 g/mol. The minimum Gasteiger partial charge on any atom is -0.496 e. The fourth-order valence-electron chi connectivity index (χ4n) is 2.19. The second-order valence-corrected chi connectivity index (χ2v) is 4.81. The van der Waals surface area contributed by atoms with E-state index in [0.717, 1.165) is 22.3 Å². The molecular formula is C17H16N4O2. The summed E-state index contributed by atoms with van der Waals surface area (Å²) in [4.78, 5) is 19.0. The number of aromatic nitrogens is 2. The lowest BCUT2D eigenvalue weighted by molar-refractivity contribution is 0.255. The third-order valence-corrected chi connectivity index (χ3v) is 3.29. The molecule has 0 aliphatic carbocycles. The van der Waals surface area contributed by atoms with Gasteiger partial charge in [-0.2, -0.15) is 0 Å². The first-order valence-electron chi connectivity index (χ1n) is 7.06. The molecule has 0 radical (unpaired) electrons. The molecule has 6 heteroatoms. The zero-order valence-electron chi connectivity index (χ0n) is 12.5. The van der Waals surface area contributed by atoms with Crippen LogP contribution in [0.25, 0.3) is 17.1 Å². The van der Waals surface area contributed by atoms with Crippen molar-refractivity contribution >= 4 is 28.8 Å². The minimum absolute atomic E-state index is 0.324. The molecule has 1 heterocycles. The van der Waals surface area contributed by atoms with Crippen LogP contribution in [0.1, 0.15) is 5.56 Å². The van der Waals surface area contributed by atoms with Gasteiger partial charge in [0.1, 0.15) is 5.75 Å². The van der Waals surface area contributed by atoms with Crippen LogP contribution >= 0.6 is 0 Å². The van der Waals surface area contributed by atoms with E-state index in [2.05, 4.69) is 20.6 Å². The van der Waals surface area contributed by atoms with Crippen LogP contribution in [0.2, 0.25) is 0 Å². The van der Waals surface area contributed by atoms with Gasteiger partial charge in [-0.1, -0.05) is 18.2 Å². The molecule has 0 spiro atoms. The number of para-hydroxylation sites is 1. The highest BCUT2D eigenvalue weighted by Crippen LogP contribution is 2.18. The zero-order chi connectivity index (χ0) is 16.1. The van der Waals surface area contributed by atoms with E-state index in [0.29, 0.717) is 5.69 Å². The molecular weight excluding hydrogens is 292 g/mol. The number of rotatable bonds is 4. The van der Waals surface area contributed by atoms with Crippen LogP contribution in [0.5, 0.6) is 5.75 Å². The van der Waals surface area contributed by atoms with E-state index < -0.39 is 0 Å². The number of carbonyl (C=O) groups excluding carboxylic acids is 1. The SMILES string of the molecule is COc1ccccc1/C=C/NC(=O)Nc1ccc2nc[nH]c2c1. The number of amides is 2. The minimum atomic E-state index is -0.324. The Morgan fingerprint density at radius 1 is 1.26 bits per heavy atom. The molecule has 0 unspecified atom stereocenters. The van der Waals surface area contributed by atoms with Crippen molar-refractivity contribution in [3.63, 3.8) is 0 Å². The Morgan fingerprint density at radius 3 is 3.00 bits per heavy atom. The maximum Gasteiger partial charge on any atom is 0.323 e. The molecule has 3 aromatic rings. The standard InChI is InChI=1S/C17H16N4O2/c1-23-16-5-3-2-4-12(16)8-9-18-17(22)21-13-6-7-14-15(10-13)20-11-19-14/h2-11H,1H3,(H,19,20)(H2,18,21,22)/b9-8+. The first-order valence-corrected chi connectivity index (χ1v) is 7.06. The molecule has 6 nitrogen and oxygen atoms in total. The molecule has 0 saturated heterocycles. The van der Waals surface area contributed by atoms with E-state index in [4.69, 9.17) is 4.74 Å². The number of benzene rings is 2. The van der Waals surface area contributed by atoms with Crippen molar-refractivity contribution in [3.05, 3.63) is 60.6 Å². The molecule has 23 heavy (non-hydrogen) atoms. The van der Waals surface area contributed by atoms with Crippen LogP contribution in [-0.2, 0) is 0 Å². The van der Waals surface area contributed by atoms with Crippen LogP contribution in [0, 0.1) is 0 Å². The van der Waals surface area contributed by atoms with Gasteiger partial charge in [0, 0.05) is 17.5 Å². The Balaban J connectivity index is 1.61. The van der Waals surface area contributed by atoms with Gasteiger partial charge in [0.05, 0.1) is 24.5 Å². The van der Waals surface area contributed by atoms with E-state index in [-0.39, 0.29) is 6.03 Å². The number of nitrogens with one attached hydrogen (secondary N) is 3. The quantitative estimate of drug-likeness (QED) is 0.691. The summed E-state index contributed by atoms with van der Waals surface area (Å²) in [5, 5.41) is 5.42. The Morgan fingerprint density at radius 2 is 2.13 bits per heavy atom. The fourth-order valence-corrected chi connectivity index (χ4v) is 2.19. The van der Waals surface area contributed by atoms with Crippen LogP contribution in [0.15, 0.2) is 55.0 Å². The van der Waals surface area contributed by atoms with E-state index in [1.165, 1.54) is 0 Å². The molecule has 0 atom stereocenters. The number of hydrogen-bond donors (Lipinski definition) is 3. The maximum absolute atomic E-state index is 11.9. The predicted molar refractivity (Wildman–Crippen MR) is 90.3 cm³/mol. The molecule has 0 aliphatic rings. The molecule has 0 aliphatic heterocycles. The van der Waals surface area contributed by atoms with Crippen molar-refractivity contribution in [1.29, 1.82) is 0 Å². The number of hydrogen-bond acceptors (Lipinski definition) is 3. The second kappa shape index (κ2) is 6.65. The van der Waals surface area contributed by atoms with Crippen molar-refractivity contribution < 1.29 is 9.53 Å². The van der Waals surface area contributed by atoms with E-state index in [1.807, 2.05) is 36.4 Å². The summed E-state index contributed by atoms with van der Waals surface area (Å²) in [7, 11) is 1.61. The third-order valence-electron chi connectivity index (χ3n) is 3.29. The highest BCUT2D eigenvalue weighted by atomic mass is 16.5. The first-order chi connectivity index (χ1) is 11.3. The highest BCUT2D eigenvalue weighted by Gasteiger charge is 2.02. The van der Waals surface area contributed by atoms with Crippen molar-refractivity contribution in [1.82, 2.24) is 15.3 Å². The molecule has 0 fully saturated rings. The van der Waals surface area contributed by atoms with Gasteiger partial charge in [-0.05, 0) is 30.3 Å². The molecule has 2 amide bonds. The van der Waals surface area contributed by atoms with Gasteiger partial charge in [0.2, 0.25) is 0 Å². The van der Waals surface area contributed by atoms with Gasteiger partial charge in [-0.25, -0.2) is 9.78 Å². The number of fused-ring (bicyclic) bond motifs is 1. The van der Waals surface area contributed by atoms with Gasteiger partial charge in [-0.3, -0.25) is 0 Å². The number of H-pyrrole nitrogens is 1. The zero-order valence-corrected chi connectivity index (χ0v) is 12.5. The van der Waals surface area contributed by atoms with Crippen molar-refractivity contribution in [3.8, 4) is 5.75 Å². The highest BCUT2D eigenvalue weighted by molar-refractivity contribution is 5.92. The van der Waals surface area contributed by atoms with Crippen molar-refractivity contribution in [2.24, 2.45) is 0 Å². The van der Waals surface area contributed by atoms with Gasteiger partial charge < -0.3 is 20.4 Å². The molecule has 2 aromatic carbocycles. The predicted octanol–water partition coefficient (Wildman–Crippen LogP) is 3.36. The Labute approximate surface area is 133 Å². The van der Waals surface area contributed by atoms with Gasteiger partial charge >= 0.3 is 6.03 Å². The number of methoxy groups -OCH3 is 1.